The van der Waals surface area contributed by atoms with Gasteiger partial charge >= 0.3 is 0 Å². The summed E-state index contributed by atoms with van der Waals surface area (Å²) in [6.07, 6.45) is 5.95. The van der Waals surface area contributed by atoms with Gasteiger partial charge in [-0.15, -0.1) is 0 Å². The molecule has 1 rings (SSSR count). The maximum atomic E-state index is 5.19. The van der Waals surface area contributed by atoms with Crippen LogP contribution in [0.15, 0.2) is 23.9 Å². The number of hydrogen-bond acceptors (Lipinski definition) is 3. The topological polar surface area (TPSA) is 33.3 Å². The highest BCUT2D eigenvalue weighted by atomic mass is 16.5. The van der Waals surface area contributed by atoms with Crippen LogP contribution in [0.4, 0.5) is 0 Å². The normalized spacial score (nSPS) is 22.7. The van der Waals surface area contributed by atoms with E-state index in [-0.39, 0.29) is 6.23 Å². The molecule has 62 valence electrons. The molecule has 1 heterocycles. The van der Waals surface area contributed by atoms with Gasteiger partial charge in [0.15, 0.2) is 6.23 Å². The van der Waals surface area contributed by atoms with Gasteiger partial charge < -0.3 is 15.4 Å². The number of ether oxygens (including phenoxy) is 1. The molecule has 0 aliphatic carbocycles. The SMILES string of the molecule is CNCC1=CC=CNC1OC. The number of methoxy groups -OCH3 is 1. The molecule has 2 N–H and O–H groups in total. The fraction of sp³-hybridized carbons (Fsp3) is 0.500. The van der Waals surface area contributed by atoms with Crippen molar-refractivity contribution >= 4 is 0 Å². The lowest BCUT2D eigenvalue weighted by molar-refractivity contribution is 0.112. The summed E-state index contributed by atoms with van der Waals surface area (Å²) < 4.78 is 5.19. The summed E-state index contributed by atoms with van der Waals surface area (Å²) in [5.74, 6) is 0. The van der Waals surface area contributed by atoms with Gasteiger partial charge in [-0.05, 0) is 24.9 Å². The molecule has 11 heavy (non-hydrogen) atoms. The van der Waals surface area contributed by atoms with Crippen LogP contribution >= 0.6 is 0 Å². The molecule has 1 unspecified atom stereocenters. The van der Waals surface area contributed by atoms with Crippen LogP contribution in [-0.2, 0) is 4.74 Å². The monoisotopic (exact) mass is 154 g/mol. The maximum absolute atomic E-state index is 5.19. The largest absolute Gasteiger partial charge is 0.363 e. The second-order valence-electron chi connectivity index (χ2n) is 2.41. The van der Waals surface area contributed by atoms with Gasteiger partial charge in [0.1, 0.15) is 0 Å². The maximum Gasteiger partial charge on any atom is 0.150 e. The lowest BCUT2D eigenvalue weighted by Gasteiger charge is -2.21. The molecule has 0 saturated carbocycles. The minimum atomic E-state index is 0.0347. The third-order valence-electron chi connectivity index (χ3n) is 1.61. The third kappa shape index (κ3) is 2.06. The van der Waals surface area contributed by atoms with Gasteiger partial charge in [0.25, 0.3) is 0 Å². The highest BCUT2D eigenvalue weighted by molar-refractivity contribution is 5.21. The molecule has 3 heteroatoms. The van der Waals surface area contributed by atoms with Crippen molar-refractivity contribution in [2.24, 2.45) is 0 Å². The first-order valence-electron chi connectivity index (χ1n) is 3.67. The summed E-state index contributed by atoms with van der Waals surface area (Å²) in [5, 5.41) is 6.17. The fourth-order valence-corrected chi connectivity index (χ4v) is 1.08. The first-order chi connectivity index (χ1) is 5.38. The summed E-state index contributed by atoms with van der Waals surface area (Å²) >= 11 is 0. The van der Waals surface area contributed by atoms with Crippen LogP contribution in [0.1, 0.15) is 0 Å². The molecule has 0 radical (unpaired) electrons. The van der Waals surface area contributed by atoms with Crippen LogP contribution in [0.25, 0.3) is 0 Å². The van der Waals surface area contributed by atoms with Crippen molar-refractivity contribution in [3.05, 3.63) is 23.9 Å². The average Bonchev–Trinajstić information content (AvgIpc) is 2.06. The van der Waals surface area contributed by atoms with E-state index >= 15 is 0 Å². The number of nitrogens with one attached hydrogen (secondary N) is 2. The molecular formula is C8H14N2O. The molecule has 0 amide bonds. The van der Waals surface area contributed by atoms with E-state index in [4.69, 9.17) is 4.74 Å². The first kappa shape index (κ1) is 8.30. The van der Waals surface area contributed by atoms with Crippen molar-refractivity contribution in [3.63, 3.8) is 0 Å². The first-order valence-corrected chi connectivity index (χ1v) is 3.67. The molecule has 1 aliphatic rings. The Morgan fingerprint density at radius 3 is 3.18 bits per heavy atom. The zero-order valence-electron chi connectivity index (χ0n) is 6.92. The van der Waals surface area contributed by atoms with Crippen molar-refractivity contribution in [2.75, 3.05) is 20.7 Å². The smallest absolute Gasteiger partial charge is 0.150 e. The Bertz CT molecular complexity index is 175. The number of likely N-dealkylation sites (N-methyl/N-ethyl adjacent to an activating group) is 1. The van der Waals surface area contributed by atoms with Crippen LogP contribution in [0, 0.1) is 0 Å². The van der Waals surface area contributed by atoms with Crippen LogP contribution in [0.3, 0.4) is 0 Å². The molecule has 0 bridgehead atoms. The Labute approximate surface area is 67.1 Å². The molecule has 0 saturated heterocycles. The Morgan fingerprint density at radius 1 is 1.73 bits per heavy atom. The van der Waals surface area contributed by atoms with Gasteiger partial charge in [-0.25, -0.2) is 0 Å². The number of hydrogen-bond donors (Lipinski definition) is 2. The summed E-state index contributed by atoms with van der Waals surface area (Å²) in [6.45, 7) is 0.857. The lowest BCUT2D eigenvalue weighted by atomic mass is 10.2. The summed E-state index contributed by atoms with van der Waals surface area (Å²) in [6, 6.07) is 0. The van der Waals surface area contributed by atoms with Gasteiger partial charge in [0.05, 0.1) is 0 Å². The average molecular weight is 154 g/mol. The van der Waals surface area contributed by atoms with Crippen molar-refractivity contribution < 1.29 is 4.74 Å². The van der Waals surface area contributed by atoms with Crippen molar-refractivity contribution in [1.82, 2.24) is 10.6 Å². The minimum absolute atomic E-state index is 0.0347. The Hall–Kier alpha value is -0.800. The van der Waals surface area contributed by atoms with E-state index in [1.807, 2.05) is 19.3 Å². The molecule has 1 aliphatic heterocycles. The Morgan fingerprint density at radius 2 is 2.55 bits per heavy atom. The predicted octanol–water partition coefficient (Wildman–Crippen LogP) is 0.222. The van der Waals surface area contributed by atoms with Crippen molar-refractivity contribution in [2.45, 2.75) is 6.23 Å². The van der Waals surface area contributed by atoms with E-state index < -0.39 is 0 Å². The molecular weight excluding hydrogens is 140 g/mol. The van der Waals surface area contributed by atoms with Crippen LogP contribution in [0.2, 0.25) is 0 Å². The van der Waals surface area contributed by atoms with Gasteiger partial charge in [-0.2, -0.15) is 0 Å². The molecule has 0 aromatic carbocycles. The molecule has 1 atom stereocenters. The summed E-state index contributed by atoms with van der Waals surface area (Å²) in [7, 11) is 3.62. The Kier molecular flexibility index (Phi) is 3.14. The third-order valence-corrected chi connectivity index (χ3v) is 1.61. The lowest BCUT2D eigenvalue weighted by Crippen LogP contribution is -2.34. The molecule has 0 spiro atoms. The second kappa shape index (κ2) is 4.16. The van der Waals surface area contributed by atoms with Gasteiger partial charge in [-0.1, -0.05) is 6.08 Å². The summed E-state index contributed by atoms with van der Waals surface area (Å²) in [4.78, 5) is 0. The van der Waals surface area contributed by atoms with E-state index in [9.17, 15) is 0 Å². The van der Waals surface area contributed by atoms with E-state index in [0.717, 1.165) is 6.54 Å². The van der Waals surface area contributed by atoms with E-state index in [0.29, 0.717) is 0 Å². The van der Waals surface area contributed by atoms with Gasteiger partial charge in [0, 0.05) is 13.7 Å². The fourth-order valence-electron chi connectivity index (χ4n) is 1.08. The molecule has 0 fully saturated rings. The second-order valence-corrected chi connectivity index (χ2v) is 2.41. The molecule has 0 aromatic rings. The Balaban J connectivity index is 2.55. The minimum Gasteiger partial charge on any atom is -0.363 e. The van der Waals surface area contributed by atoms with Crippen LogP contribution < -0.4 is 10.6 Å². The van der Waals surface area contributed by atoms with E-state index in [2.05, 4.69) is 16.7 Å². The summed E-state index contributed by atoms with van der Waals surface area (Å²) in [5.41, 5.74) is 1.22. The number of dihydropyridines is 1. The highest BCUT2D eigenvalue weighted by Gasteiger charge is 2.11. The van der Waals surface area contributed by atoms with Crippen molar-refractivity contribution in [3.8, 4) is 0 Å². The number of rotatable bonds is 3. The predicted molar refractivity (Wildman–Crippen MR) is 45.1 cm³/mol. The van der Waals surface area contributed by atoms with Gasteiger partial charge in [-0.3, -0.25) is 0 Å². The molecule has 0 aromatic heterocycles. The van der Waals surface area contributed by atoms with Crippen LogP contribution in [-0.4, -0.2) is 26.9 Å². The molecule has 3 nitrogen and oxygen atoms in total. The van der Waals surface area contributed by atoms with Crippen LogP contribution in [0.5, 0.6) is 0 Å². The zero-order valence-corrected chi connectivity index (χ0v) is 6.92. The zero-order chi connectivity index (χ0) is 8.10. The standard InChI is InChI=1S/C8H14N2O/c1-9-6-7-4-3-5-10-8(7)11-2/h3-5,8-10H,6H2,1-2H3. The van der Waals surface area contributed by atoms with Gasteiger partial charge in [0.2, 0.25) is 0 Å². The quantitative estimate of drug-likeness (QED) is 0.610. The van der Waals surface area contributed by atoms with E-state index in [1.165, 1.54) is 5.57 Å². The van der Waals surface area contributed by atoms with E-state index in [1.54, 1.807) is 7.11 Å². The highest BCUT2D eigenvalue weighted by Crippen LogP contribution is 2.06. The number of allylic oxidation sites excluding steroid dienone is 2. The van der Waals surface area contributed by atoms with Crippen molar-refractivity contribution in [1.29, 1.82) is 0 Å².